The molecule has 1 N–H and O–H groups in total. The second-order valence-electron chi connectivity index (χ2n) is 6.08. The third kappa shape index (κ3) is 6.17. The van der Waals surface area contributed by atoms with E-state index in [-0.39, 0.29) is 0 Å². The summed E-state index contributed by atoms with van der Waals surface area (Å²) in [6.45, 7) is 7.64. The molecule has 0 aromatic carbocycles. The molecule has 0 radical (unpaired) electrons. The van der Waals surface area contributed by atoms with Gasteiger partial charge in [0.05, 0.1) is 0 Å². The van der Waals surface area contributed by atoms with Gasteiger partial charge in [0.1, 0.15) is 0 Å². The normalized spacial score (nSPS) is 24.7. The van der Waals surface area contributed by atoms with Crippen molar-refractivity contribution in [3.8, 4) is 0 Å². The molecule has 108 valence electrons. The van der Waals surface area contributed by atoms with Gasteiger partial charge < -0.3 is 14.9 Å². The second-order valence-corrected chi connectivity index (χ2v) is 6.08. The fourth-order valence-electron chi connectivity index (χ4n) is 2.71. The first kappa shape index (κ1) is 15.9. The average Bonchev–Trinajstić information content (AvgIpc) is 2.41. The Hall–Kier alpha value is -0.120. The van der Waals surface area contributed by atoms with Gasteiger partial charge in [0.2, 0.25) is 0 Å². The Kier molecular flexibility index (Phi) is 7.87. The summed E-state index contributed by atoms with van der Waals surface area (Å²) in [5.41, 5.74) is 0. The summed E-state index contributed by atoms with van der Waals surface area (Å²) >= 11 is 0. The van der Waals surface area contributed by atoms with Gasteiger partial charge in [-0.25, -0.2) is 0 Å². The van der Waals surface area contributed by atoms with E-state index in [4.69, 9.17) is 5.11 Å². The molecule has 0 aromatic rings. The molecule has 0 amide bonds. The number of hydrogen-bond acceptors (Lipinski definition) is 3. The molecular formula is C15H32N2O. The highest BCUT2D eigenvalue weighted by Gasteiger charge is 2.14. The molecule has 18 heavy (non-hydrogen) atoms. The summed E-state index contributed by atoms with van der Waals surface area (Å²) in [5, 5.41) is 8.76. The van der Waals surface area contributed by atoms with Crippen molar-refractivity contribution in [2.75, 3.05) is 46.9 Å². The van der Waals surface area contributed by atoms with E-state index in [2.05, 4.69) is 30.8 Å². The quantitative estimate of drug-likeness (QED) is 0.819. The van der Waals surface area contributed by atoms with Gasteiger partial charge in [-0.05, 0) is 77.8 Å². The highest BCUT2D eigenvalue weighted by atomic mass is 16.3. The topological polar surface area (TPSA) is 26.7 Å². The first-order valence-corrected chi connectivity index (χ1v) is 7.63. The molecule has 3 heteroatoms. The van der Waals surface area contributed by atoms with Gasteiger partial charge in [-0.2, -0.15) is 0 Å². The van der Waals surface area contributed by atoms with Crippen molar-refractivity contribution in [1.29, 1.82) is 0 Å². The van der Waals surface area contributed by atoms with E-state index in [9.17, 15) is 0 Å². The maximum Gasteiger partial charge on any atom is 0.0460 e. The maximum absolute atomic E-state index is 8.76. The van der Waals surface area contributed by atoms with Crippen molar-refractivity contribution in [1.82, 2.24) is 9.80 Å². The van der Waals surface area contributed by atoms with Gasteiger partial charge in [-0.1, -0.05) is 13.3 Å². The average molecular weight is 256 g/mol. The van der Waals surface area contributed by atoms with E-state index in [0.717, 1.165) is 19.0 Å². The van der Waals surface area contributed by atoms with Crippen LogP contribution in [0.15, 0.2) is 0 Å². The van der Waals surface area contributed by atoms with Crippen molar-refractivity contribution in [2.24, 2.45) is 11.8 Å². The minimum absolute atomic E-state index is 0.383. The van der Waals surface area contributed by atoms with Crippen LogP contribution in [-0.4, -0.2) is 61.8 Å². The van der Waals surface area contributed by atoms with Crippen LogP contribution in [0.5, 0.6) is 0 Å². The van der Waals surface area contributed by atoms with Crippen molar-refractivity contribution in [3.63, 3.8) is 0 Å². The molecule has 2 heterocycles. The predicted octanol–water partition coefficient (Wildman–Crippen LogP) is 2.06. The molecule has 2 saturated heterocycles. The Balaban J connectivity index is 0.000000180. The van der Waals surface area contributed by atoms with Gasteiger partial charge in [-0.3, -0.25) is 0 Å². The van der Waals surface area contributed by atoms with E-state index in [1.165, 1.54) is 45.2 Å². The molecule has 0 spiro atoms. The first-order valence-electron chi connectivity index (χ1n) is 7.63. The summed E-state index contributed by atoms with van der Waals surface area (Å²) in [4.78, 5) is 4.73. The van der Waals surface area contributed by atoms with E-state index in [1.54, 1.807) is 0 Å². The van der Waals surface area contributed by atoms with Crippen LogP contribution in [0.4, 0.5) is 0 Å². The monoisotopic (exact) mass is 256 g/mol. The molecule has 3 nitrogen and oxygen atoms in total. The number of piperidine rings is 2. The predicted molar refractivity (Wildman–Crippen MR) is 77.8 cm³/mol. The Bertz CT molecular complexity index is 173. The van der Waals surface area contributed by atoms with Gasteiger partial charge in [0.15, 0.2) is 0 Å². The molecule has 0 unspecified atom stereocenters. The molecule has 2 aliphatic rings. The summed E-state index contributed by atoms with van der Waals surface area (Å²) in [6.07, 6.45) is 6.58. The van der Waals surface area contributed by atoms with Gasteiger partial charge in [0, 0.05) is 6.61 Å². The molecule has 0 atom stereocenters. The molecular weight excluding hydrogens is 224 g/mol. The van der Waals surface area contributed by atoms with Crippen LogP contribution in [0.2, 0.25) is 0 Å². The number of aliphatic hydroxyl groups is 1. The lowest BCUT2D eigenvalue weighted by Crippen LogP contribution is -2.31. The van der Waals surface area contributed by atoms with E-state index < -0.39 is 0 Å². The fourth-order valence-corrected chi connectivity index (χ4v) is 2.71. The third-order valence-corrected chi connectivity index (χ3v) is 4.51. The Morgan fingerprint density at radius 3 is 1.56 bits per heavy atom. The maximum atomic E-state index is 8.76. The minimum Gasteiger partial charge on any atom is -0.396 e. The Morgan fingerprint density at radius 1 is 0.833 bits per heavy atom. The zero-order valence-corrected chi connectivity index (χ0v) is 12.6. The summed E-state index contributed by atoms with van der Waals surface area (Å²) < 4.78 is 0. The lowest BCUT2D eigenvalue weighted by atomic mass is 9.95. The molecule has 2 fully saturated rings. The van der Waals surface area contributed by atoms with Gasteiger partial charge in [0.25, 0.3) is 0 Å². The highest BCUT2D eigenvalue weighted by Crippen LogP contribution is 2.18. The molecule has 0 aliphatic carbocycles. The SMILES string of the molecule is CCC1CCN(C)CC1.CN1CCC(CO)CC1. The minimum atomic E-state index is 0.383. The van der Waals surface area contributed by atoms with Gasteiger partial charge >= 0.3 is 0 Å². The molecule has 2 aliphatic heterocycles. The Morgan fingerprint density at radius 2 is 1.22 bits per heavy atom. The van der Waals surface area contributed by atoms with Crippen LogP contribution < -0.4 is 0 Å². The van der Waals surface area contributed by atoms with Crippen LogP contribution >= 0.6 is 0 Å². The lowest BCUT2D eigenvalue weighted by molar-refractivity contribution is 0.148. The molecule has 0 aromatic heterocycles. The smallest absolute Gasteiger partial charge is 0.0460 e. The van der Waals surface area contributed by atoms with Crippen molar-refractivity contribution in [3.05, 3.63) is 0 Å². The third-order valence-electron chi connectivity index (χ3n) is 4.51. The summed E-state index contributed by atoms with van der Waals surface area (Å²) in [7, 11) is 4.35. The van der Waals surface area contributed by atoms with Gasteiger partial charge in [-0.15, -0.1) is 0 Å². The van der Waals surface area contributed by atoms with Crippen LogP contribution in [0.1, 0.15) is 39.0 Å². The van der Waals surface area contributed by atoms with E-state index in [1.807, 2.05) is 0 Å². The first-order chi connectivity index (χ1) is 8.65. The standard InChI is InChI=1S/C8H17N.C7H15NO/c1-3-8-4-6-9(2)7-5-8;1-8-4-2-7(6-9)3-5-8/h8H,3-7H2,1-2H3;7,9H,2-6H2,1H3. The fraction of sp³-hybridized carbons (Fsp3) is 1.00. The summed E-state index contributed by atoms with van der Waals surface area (Å²) in [5.74, 6) is 1.61. The van der Waals surface area contributed by atoms with Crippen molar-refractivity contribution < 1.29 is 5.11 Å². The molecule has 0 saturated carbocycles. The van der Waals surface area contributed by atoms with Crippen LogP contribution in [0.25, 0.3) is 0 Å². The lowest BCUT2D eigenvalue weighted by Gasteiger charge is -2.27. The number of aliphatic hydroxyl groups excluding tert-OH is 1. The highest BCUT2D eigenvalue weighted by molar-refractivity contribution is 4.68. The van der Waals surface area contributed by atoms with Crippen LogP contribution in [0, 0.1) is 11.8 Å². The molecule has 0 bridgehead atoms. The number of hydrogen-bond donors (Lipinski definition) is 1. The molecule has 2 rings (SSSR count). The van der Waals surface area contributed by atoms with Crippen molar-refractivity contribution >= 4 is 0 Å². The van der Waals surface area contributed by atoms with E-state index in [0.29, 0.717) is 12.5 Å². The number of likely N-dealkylation sites (tertiary alicyclic amines) is 2. The number of rotatable bonds is 2. The van der Waals surface area contributed by atoms with Crippen LogP contribution in [-0.2, 0) is 0 Å². The van der Waals surface area contributed by atoms with Crippen molar-refractivity contribution in [2.45, 2.75) is 39.0 Å². The van der Waals surface area contributed by atoms with Crippen LogP contribution in [0.3, 0.4) is 0 Å². The zero-order chi connectivity index (χ0) is 13.4. The summed E-state index contributed by atoms with van der Waals surface area (Å²) in [6, 6.07) is 0. The zero-order valence-electron chi connectivity index (χ0n) is 12.6. The largest absolute Gasteiger partial charge is 0.396 e. The second kappa shape index (κ2) is 8.89. The van der Waals surface area contributed by atoms with E-state index >= 15 is 0 Å². The number of nitrogens with zero attached hydrogens (tertiary/aromatic N) is 2. The Labute approximate surface area is 113 Å².